The lowest BCUT2D eigenvalue weighted by atomic mass is 10.1. The largest absolute Gasteiger partial charge is 0.394 e. The molecule has 0 aromatic carbocycles. The standard InChI is InChI=1S/C14H21FN4O2/c1-3-5-6-8-11(16)13(18-7-17-8)19-14-10(15)12(20)9(4-2)21-14/h3,7,9-10,12,14,20H,1,4-6,16H2,2H3,(H,17,18,19)/t9?,10-,12-,14-/m1/s1. The quantitative estimate of drug-likeness (QED) is 0.688. The molecule has 4 atom stereocenters. The van der Waals surface area contributed by atoms with Crippen molar-refractivity contribution < 1.29 is 14.2 Å². The number of aromatic nitrogens is 2. The fourth-order valence-corrected chi connectivity index (χ4v) is 2.30. The number of nitrogen functional groups attached to an aromatic ring is 1. The number of nitrogens with one attached hydrogen (secondary N) is 1. The van der Waals surface area contributed by atoms with Gasteiger partial charge in [0.2, 0.25) is 0 Å². The second-order valence-corrected chi connectivity index (χ2v) is 4.99. The highest BCUT2D eigenvalue weighted by molar-refractivity contribution is 5.63. The van der Waals surface area contributed by atoms with Crippen LogP contribution in [0.4, 0.5) is 15.9 Å². The van der Waals surface area contributed by atoms with E-state index >= 15 is 0 Å². The van der Waals surface area contributed by atoms with Gasteiger partial charge in [-0.05, 0) is 19.3 Å². The van der Waals surface area contributed by atoms with Crippen molar-refractivity contribution in [1.29, 1.82) is 0 Å². The van der Waals surface area contributed by atoms with Crippen LogP contribution < -0.4 is 11.1 Å². The lowest BCUT2D eigenvalue weighted by Crippen LogP contribution is -2.33. The molecule has 0 saturated carbocycles. The second-order valence-electron chi connectivity index (χ2n) is 4.99. The highest BCUT2D eigenvalue weighted by Gasteiger charge is 2.43. The van der Waals surface area contributed by atoms with Gasteiger partial charge in [0.1, 0.15) is 12.4 Å². The van der Waals surface area contributed by atoms with Crippen molar-refractivity contribution >= 4 is 11.5 Å². The predicted octanol–water partition coefficient (Wildman–Crippen LogP) is 1.42. The van der Waals surface area contributed by atoms with Gasteiger partial charge in [0.15, 0.2) is 18.2 Å². The van der Waals surface area contributed by atoms with E-state index in [-0.39, 0.29) is 0 Å². The van der Waals surface area contributed by atoms with E-state index < -0.39 is 24.6 Å². The summed E-state index contributed by atoms with van der Waals surface area (Å²) in [4.78, 5) is 8.13. The highest BCUT2D eigenvalue weighted by Crippen LogP contribution is 2.28. The number of aryl methyl sites for hydroxylation is 1. The molecular formula is C14H21FN4O2. The maximum atomic E-state index is 14.0. The third-order valence-corrected chi connectivity index (χ3v) is 3.55. The first kappa shape index (κ1) is 15.7. The summed E-state index contributed by atoms with van der Waals surface area (Å²) in [5.41, 5.74) is 7.03. The van der Waals surface area contributed by atoms with Gasteiger partial charge in [-0.2, -0.15) is 0 Å². The minimum atomic E-state index is -1.53. The molecule has 1 aliphatic heterocycles. The molecule has 0 bridgehead atoms. The smallest absolute Gasteiger partial charge is 0.173 e. The minimum Gasteiger partial charge on any atom is -0.394 e. The molecule has 0 radical (unpaired) electrons. The van der Waals surface area contributed by atoms with E-state index in [1.54, 1.807) is 6.08 Å². The molecule has 2 rings (SSSR count). The van der Waals surface area contributed by atoms with Gasteiger partial charge >= 0.3 is 0 Å². The summed E-state index contributed by atoms with van der Waals surface area (Å²) in [5.74, 6) is 0.320. The van der Waals surface area contributed by atoms with Gasteiger partial charge in [-0.15, -0.1) is 6.58 Å². The predicted molar refractivity (Wildman–Crippen MR) is 78.4 cm³/mol. The van der Waals surface area contributed by atoms with Gasteiger partial charge in [0, 0.05) is 0 Å². The molecular weight excluding hydrogens is 275 g/mol. The Labute approximate surface area is 123 Å². The maximum absolute atomic E-state index is 14.0. The van der Waals surface area contributed by atoms with Crippen LogP contribution in [-0.2, 0) is 11.2 Å². The normalized spacial score (nSPS) is 28.5. The van der Waals surface area contributed by atoms with Crippen molar-refractivity contribution in [2.45, 2.75) is 50.8 Å². The van der Waals surface area contributed by atoms with Crippen molar-refractivity contribution in [3.05, 3.63) is 24.7 Å². The fraction of sp³-hybridized carbons (Fsp3) is 0.571. The summed E-state index contributed by atoms with van der Waals surface area (Å²) in [6.45, 7) is 5.48. The highest BCUT2D eigenvalue weighted by atomic mass is 19.1. The molecule has 1 aromatic heterocycles. The van der Waals surface area contributed by atoms with Crippen LogP contribution in [0.5, 0.6) is 0 Å². The number of nitrogens with zero attached hydrogens (tertiary/aromatic N) is 2. The molecule has 6 nitrogen and oxygen atoms in total. The monoisotopic (exact) mass is 296 g/mol. The Hall–Kier alpha value is -1.73. The molecule has 0 spiro atoms. The van der Waals surface area contributed by atoms with E-state index in [0.29, 0.717) is 30.0 Å². The van der Waals surface area contributed by atoms with Crippen LogP contribution >= 0.6 is 0 Å². The first-order valence-corrected chi connectivity index (χ1v) is 7.02. The topological polar surface area (TPSA) is 93.3 Å². The average molecular weight is 296 g/mol. The third-order valence-electron chi connectivity index (χ3n) is 3.55. The van der Waals surface area contributed by atoms with Crippen molar-refractivity contribution in [3.8, 4) is 0 Å². The summed E-state index contributed by atoms with van der Waals surface area (Å²) in [7, 11) is 0. The number of nitrogens with two attached hydrogens (primary N) is 1. The van der Waals surface area contributed by atoms with E-state index in [4.69, 9.17) is 10.5 Å². The average Bonchev–Trinajstić information content (AvgIpc) is 2.76. The number of allylic oxidation sites excluding steroid dienone is 1. The Morgan fingerprint density at radius 2 is 2.33 bits per heavy atom. The van der Waals surface area contributed by atoms with Gasteiger partial charge in [-0.25, -0.2) is 14.4 Å². The van der Waals surface area contributed by atoms with Crippen LogP contribution in [-0.4, -0.2) is 39.7 Å². The molecule has 0 amide bonds. The van der Waals surface area contributed by atoms with Crippen LogP contribution in [0.2, 0.25) is 0 Å². The van der Waals surface area contributed by atoms with Crippen LogP contribution in [0.15, 0.2) is 19.0 Å². The zero-order valence-corrected chi connectivity index (χ0v) is 12.0. The van der Waals surface area contributed by atoms with E-state index in [0.717, 1.165) is 6.42 Å². The number of halogens is 1. The molecule has 1 saturated heterocycles. The zero-order valence-electron chi connectivity index (χ0n) is 12.0. The van der Waals surface area contributed by atoms with Crippen molar-refractivity contribution in [2.75, 3.05) is 11.1 Å². The number of alkyl halides is 1. The minimum absolute atomic E-state index is 0.320. The Morgan fingerprint density at radius 3 is 2.95 bits per heavy atom. The number of aliphatic hydroxyl groups is 1. The summed E-state index contributed by atoms with van der Waals surface area (Å²) in [6, 6.07) is 0. The SMILES string of the molecule is C=CCCc1ncnc(N[C@@H]2OC(CC)[C@@H](O)[C@H]2F)c1N. The summed E-state index contributed by atoms with van der Waals surface area (Å²) >= 11 is 0. The van der Waals surface area contributed by atoms with Crippen LogP contribution in [0.3, 0.4) is 0 Å². The van der Waals surface area contributed by atoms with Gasteiger partial charge in [-0.1, -0.05) is 13.0 Å². The molecule has 7 heteroatoms. The Kier molecular flexibility index (Phi) is 5.08. The molecule has 1 unspecified atom stereocenters. The van der Waals surface area contributed by atoms with Gasteiger partial charge in [0.25, 0.3) is 0 Å². The third kappa shape index (κ3) is 3.30. The van der Waals surface area contributed by atoms with E-state index in [1.165, 1.54) is 6.33 Å². The number of hydrogen-bond donors (Lipinski definition) is 3. The van der Waals surface area contributed by atoms with Crippen molar-refractivity contribution in [1.82, 2.24) is 9.97 Å². The molecule has 116 valence electrons. The van der Waals surface area contributed by atoms with E-state index in [2.05, 4.69) is 21.9 Å². The van der Waals surface area contributed by atoms with Gasteiger partial charge < -0.3 is 20.9 Å². The summed E-state index contributed by atoms with van der Waals surface area (Å²) in [5, 5.41) is 12.5. The lowest BCUT2D eigenvalue weighted by Gasteiger charge is -2.17. The number of rotatable bonds is 6. The van der Waals surface area contributed by atoms with Crippen LogP contribution in [0.25, 0.3) is 0 Å². The Bertz CT molecular complexity index is 500. The molecule has 1 fully saturated rings. The molecule has 0 aliphatic carbocycles. The maximum Gasteiger partial charge on any atom is 0.173 e. The first-order chi connectivity index (χ1) is 10.1. The second kappa shape index (κ2) is 6.82. The number of ether oxygens (including phenoxy) is 1. The van der Waals surface area contributed by atoms with E-state index in [1.807, 2.05) is 6.92 Å². The Morgan fingerprint density at radius 1 is 1.57 bits per heavy atom. The zero-order chi connectivity index (χ0) is 15.4. The van der Waals surface area contributed by atoms with Gasteiger partial charge in [0.05, 0.1) is 17.5 Å². The number of hydrogen-bond acceptors (Lipinski definition) is 6. The molecule has 21 heavy (non-hydrogen) atoms. The fourth-order valence-electron chi connectivity index (χ4n) is 2.30. The number of anilines is 2. The molecule has 1 aromatic rings. The number of aliphatic hydroxyl groups excluding tert-OH is 1. The molecule has 2 heterocycles. The van der Waals surface area contributed by atoms with Gasteiger partial charge in [-0.3, -0.25) is 0 Å². The van der Waals surface area contributed by atoms with Crippen LogP contribution in [0, 0.1) is 0 Å². The Balaban J connectivity index is 2.11. The van der Waals surface area contributed by atoms with Crippen molar-refractivity contribution in [2.24, 2.45) is 0 Å². The van der Waals surface area contributed by atoms with E-state index in [9.17, 15) is 9.50 Å². The molecule has 4 N–H and O–H groups in total. The summed E-state index contributed by atoms with van der Waals surface area (Å²) in [6.07, 6.45) is 0.887. The summed E-state index contributed by atoms with van der Waals surface area (Å²) < 4.78 is 19.5. The van der Waals surface area contributed by atoms with Crippen LogP contribution in [0.1, 0.15) is 25.5 Å². The first-order valence-electron chi connectivity index (χ1n) is 7.02. The van der Waals surface area contributed by atoms with Crippen molar-refractivity contribution in [3.63, 3.8) is 0 Å². The lowest BCUT2D eigenvalue weighted by molar-refractivity contribution is 0.0170. The molecule has 1 aliphatic rings.